The average molecular weight is 581 g/mol. The molecule has 0 fully saturated rings. The van der Waals surface area contributed by atoms with Crippen molar-refractivity contribution in [2.24, 2.45) is 0 Å². The Morgan fingerprint density at radius 1 is 0.578 bits per heavy atom. The Hall–Kier alpha value is -5.34. The first-order chi connectivity index (χ1) is 22.1. The summed E-state index contributed by atoms with van der Waals surface area (Å²) in [7, 11) is 0. The highest BCUT2D eigenvalue weighted by molar-refractivity contribution is 6.42. The maximum Gasteiger partial charge on any atom is 0.0634 e. The molecule has 0 N–H and O–H groups in total. The number of hydrogen-bond donors (Lipinski definition) is 0. The van der Waals surface area contributed by atoms with E-state index in [4.69, 9.17) is 0 Å². The summed E-state index contributed by atoms with van der Waals surface area (Å²) in [5.41, 5.74) is 13.6. The number of allylic oxidation sites excluding steroid dienone is 9. The molecule has 0 bridgehead atoms. The SMILES string of the molecule is C=Cc1c(/C=C\C)n2c3cc(C(/C=C\C)=C/C)ccc3c3c4c5ccccc5n5c6cc(C(/C=C\C)=C/C)ccc6c(c1c32)c45. The van der Waals surface area contributed by atoms with Crippen molar-refractivity contribution in [2.45, 2.75) is 34.6 Å². The minimum absolute atomic E-state index is 1.18. The summed E-state index contributed by atoms with van der Waals surface area (Å²) in [6, 6.07) is 22.9. The largest absolute Gasteiger partial charge is 0.308 e. The molecular formula is C43H36N2. The molecule has 8 aromatic rings. The Balaban J connectivity index is 1.69. The van der Waals surface area contributed by atoms with Gasteiger partial charge in [-0.2, -0.15) is 0 Å². The molecule has 0 saturated heterocycles. The lowest BCUT2D eigenvalue weighted by Crippen LogP contribution is -1.88. The van der Waals surface area contributed by atoms with Gasteiger partial charge in [-0.15, -0.1) is 0 Å². The number of aromatic nitrogens is 2. The monoisotopic (exact) mass is 580 g/mol. The molecule has 0 radical (unpaired) electrons. The number of benzene rings is 4. The highest BCUT2D eigenvalue weighted by Gasteiger charge is 2.29. The molecule has 4 aromatic heterocycles. The van der Waals surface area contributed by atoms with E-state index in [-0.39, 0.29) is 0 Å². The van der Waals surface area contributed by atoms with Crippen LogP contribution in [0.1, 0.15) is 57.0 Å². The molecule has 0 amide bonds. The summed E-state index contributed by atoms with van der Waals surface area (Å²) in [6.07, 6.45) is 19.5. The van der Waals surface area contributed by atoms with Gasteiger partial charge >= 0.3 is 0 Å². The van der Waals surface area contributed by atoms with Gasteiger partial charge in [0.05, 0.1) is 33.3 Å². The van der Waals surface area contributed by atoms with Crippen LogP contribution in [0.15, 0.2) is 110 Å². The van der Waals surface area contributed by atoms with E-state index >= 15 is 0 Å². The molecule has 0 saturated carbocycles. The Morgan fingerprint density at radius 2 is 1.11 bits per heavy atom. The van der Waals surface area contributed by atoms with Crippen LogP contribution in [-0.4, -0.2) is 8.80 Å². The maximum atomic E-state index is 4.38. The Labute approximate surface area is 263 Å². The Morgan fingerprint density at radius 3 is 1.67 bits per heavy atom. The zero-order valence-corrected chi connectivity index (χ0v) is 26.6. The van der Waals surface area contributed by atoms with Crippen molar-refractivity contribution in [1.82, 2.24) is 8.80 Å². The van der Waals surface area contributed by atoms with Crippen LogP contribution in [-0.2, 0) is 0 Å². The van der Waals surface area contributed by atoms with Gasteiger partial charge in [0, 0.05) is 43.3 Å². The second-order valence-electron chi connectivity index (χ2n) is 11.8. The fourth-order valence-corrected chi connectivity index (χ4v) is 7.91. The summed E-state index contributed by atoms with van der Waals surface area (Å²) in [5, 5.41) is 9.10. The van der Waals surface area contributed by atoms with Crippen LogP contribution in [0.2, 0.25) is 0 Å². The van der Waals surface area contributed by atoms with Crippen molar-refractivity contribution in [3.8, 4) is 0 Å². The predicted octanol–water partition coefficient (Wildman–Crippen LogP) is 12.5. The van der Waals surface area contributed by atoms with Gasteiger partial charge in [0.1, 0.15) is 0 Å². The quantitative estimate of drug-likeness (QED) is 0.173. The van der Waals surface area contributed by atoms with Crippen LogP contribution in [0.25, 0.3) is 88.6 Å². The average Bonchev–Trinajstić information content (AvgIpc) is 3.78. The molecule has 0 spiro atoms. The second-order valence-corrected chi connectivity index (χ2v) is 11.8. The third-order valence-electron chi connectivity index (χ3n) is 9.62. The lowest BCUT2D eigenvalue weighted by molar-refractivity contribution is 1.26. The number of rotatable bonds is 6. The van der Waals surface area contributed by atoms with Crippen molar-refractivity contribution in [1.29, 1.82) is 0 Å². The minimum Gasteiger partial charge on any atom is -0.308 e. The zero-order chi connectivity index (χ0) is 31.0. The molecule has 0 atom stereocenters. The predicted molar refractivity (Wildman–Crippen MR) is 200 cm³/mol. The van der Waals surface area contributed by atoms with Crippen LogP contribution in [0.5, 0.6) is 0 Å². The third kappa shape index (κ3) is 3.45. The molecule has 45 heavy (non-hydrogen) atoms. The van der Waals surface area contributed by atoms with E-state index in [1.807, 2.05) is 0 Å². The lowest BCUT2D eigenvalue weighted by atomic mass is 9.95. The standard InChI is InChI=1S/C43H36N2/c1-7-15-26(10-4)28-21-23-33-36(24-28)44-34(17-9-3)30(12-6)38-40-32-22-20-29(27(11-5)16-8-2)25-37(32)45-35-19-14-13-18-31(35)39(43(40)45)41(33)42(38)44/h7-25H,6H2,1-5H3/b15-7-,16-8-,17-9-,26-10+,27-11+. The molecule has 2 nitrogen and oxygen atoms in total. The summed E-state index contributed by atoms with van der Waals surface area (Å²) < 4.78 is 5.02. The van der Waals surface area contributed by atoms with Crippen molar-refractivity contribution in [2.75, 3.05) is 0 Å². The smallest absolute Gasteiger partial charge is 0.0634 e. The number of para-hydroxylation sites is 1. The van der Waals surface area contributed by atoms with E-state index < -0.39 is 0 Å². The van der Waals surface area contributed by atoms with Crippen molar-refractivity contribution in [3.63, 3.8) is 0 Å². The first kappa shape index (κ1) is 27.2. The topological polar surface area (TPSA) is 8.82 Å². The van der Waals surface area contributed by atoms with Gasteiger partial charge in [-0.3, -0.25) is 0 Å². The third-order valence-corrected chi connectivity index (χ3v) is 9.62. The highest BCUT2D eigenvalue weighted by atomic mass is 14.9. The number of hydrogen-bond acceptors (Lipinski definition) is 0. The molecule has 2 heteroatoms. The van der Waals surface area contributed by atoms with E-state index in [0.29, 0.717) is 0 Å². The normalized spacial score (nSPS) is 14.0. The maximum absolute atomic E-state index is 4.38. The zero-order valence-electron chi connectivity index (χ0n) is 26.6. The molecule has 0 aliphatic carbocycles. The van der Waals surface area contributed by atoms with Crippen LogP contribution in [0, 0.1) is 0 Å². The number of nitrogens with zero attached hydrogens (tertiary/aromatic N) is 2. The molecule has 0 aliphatic rings. The molecule has 8 rings (SSSR count). The fraction of sp³-hybridized carbons (Fsp3) is 0.116. The lowest BCUT2D eigenvalue weighted by Gasteiger charge is -2.06. The van der Waals surface area contributed by atoms with Gasteiger partial charge < -0.3 is 8.80 Å². The van der Waals surface area contributed by atoms with Gasteiger partial charge in [-0.25, -0.2) is 0 Å². The Bertz CT molecular complexity index is 2640. The van der Waals surface area contributed by atoms with Crippen LogP contribution < -0.4 is 0 Å². The van der Waals surface area contributed by atoms with E-state index in [1.54, 1.807) is 0 Å². The van der Waals surface area contributed by atoms with Crippen LogP contribution in [0.3, 0.4) is 0 Å². The highest BCUT2D eigenvalue weighted by Crippen LogP contribution is 2.51. The first-order valence-corrected chi connectivity index (χ1v) is 15.9. The molecule has 0 aliphatic heterocycles. The van der Waals surface area contributed by atoms with E-state index in [9.17, 15) is 0 Å². The summed E-state index contributed by atoms with van der Waals surface area (Å²) in [4.78, 5) is 0. The Kier molecular flexibility index (Phi) is 6.11. The van der Waals surface area contributed by atoms with Gasteiger partial charge in [0.2, 0.25) is 0 Å². The molecular weight excluding hydrogens is 544 g/mol. The van der Waals surface area contributed by atoms with Crippen LogP contribution in [0.4, 0.5) is 0 Å². The minimum atomic E-state index is 1.18. The van der Waals surface area contributed by atoms with Gasteiger partial charge in [0.15, 0.2) is 0 Å². The second kappa shape index (κ2) is 10.1. The van der Waals surface area contributed by atoms with Gasteiger partial charge in [0.25, 0.3) is 0 Å². The molecule has 4 heterocycles. The van der Waals surface area contributed by atoms with Crippen molar-refractivity contribution in [3.05, 3.63) is 132 Å². The van der Waals surface area contributed by atoms with E-state index in [0.717, 1.165) is 0 Å². The molecule has 0 unspecified atom stereocenters. The van der Waals surface area contributed by atoms with E-state index in [2.05, 4.69) is 165 Å². The fourth-order valence-electron chi connectivity index (χ4n) is 7.91. The van der Waals surface area contributed by atoms with E-state index in [1.165, 1.54) is 98.8 Å². The summed E-state index contributed by atoms with van der Waals surface area (Å²) in [6.45, 7) is 14.9. The summed E-state index contributed by atoms with van der Waals surface area (Å²) in [5.74, 6) is 0. The first-order valence-electron chi connectivity index (χ1n) is 15.9. The summed E-state index contributed by atoms with van der Waals surface area (Å²) >= 11 is 0. The van der Waals surface area contributed by atoms with Crippen LogP contribution >= 0.6 is 0 Å². The molecule has 4 aromatic carbocycles. The number of fused-ring (bicyclic) bond motifs is 11. The molecule has 218 valence electrons. The van der Waals surface area contributed by atoms with Crippen molar-refractivity contribution < 1.29 is 0 Å². The van der Waals surface area contributed by atoms with Crippen molar-refractivity contribution >= 4 is 88.6 Å². The van der Waals surface area contributed by atoms with Gasteiger partial charge in [-0.1, -0.05) is 97.7 Å². The van der Waals surface area contributed by atoms with Gasteiger partial charge in [-0.05, 0) is 81.2 Å².